The van der Waals surface area contributed by atoms with Crippen LogP contribution < -0.4 is 0 Å². The first-order valence-corrected chi connectivity index (χ1v) is 9.93. The van der Waals surface area contributed by atoms with Crippen LogP contribution in [0.15, 0.2) is 24.0 Å². The maximum Gasteiger partial charge on any atom is 0.357 e. The average Bonchev–Trinajstić information content (AvgIpc) is 2.95. The summed E-state index contributed by atoms with van der Waals surface area (Å²) in [6.07, 6.45) is 5.88. The minimum Gasteiger partial charge on any atom is -0.454 e. The Morgan fingerprint density at radius 1 is 1.15 bits per heavy atom. The molecule has 3 rings (SSSR count). The van der Waals surface area contributed by atoms with Crippen LogP contribution in [0.4, 0.5) is 0 Å². The zero-order valence-corrected chi connectivity index (χ0v) is 17.0. The Bertz CT molecular complexity index is 755. The summed E-state index contributed by atoms with van der Waals surface area (Å²) in [5, 5.41) is 0.111. The van der Waals surface area contributed by atoms with E-state index in [2.05, 4.69) is 13.0 Å². The molecule has 0 radical (unpaired) electrons. The summed E-state index contributed by atoms with van der Waals surface area (Å²) >= 11 is 5.28. The van der Waals surface area contributed by atoms with E-state index in [0.717, 1.165) is 30.4 Å². The van der Waals surface area contributed by atoms with Gasteiger partial charge >= 0.3 is 5.24 Å². The second kappa shape index (κ2) is 7.51. The van der Waals surface area contributed by atoms with Crippen molar-refractivity contribution in [2.75, 3.05) is 0 Å². The summed E-state index contributed by atoms with van der Waals surface area (Å²) in [7, 11) is 0. The molecule has 1 aromatic rings. The highest BCUT2D eigenvalue weighted by atomic mass is 32.1. The highest BCUT2D eigenvalue weighted by Gasteiger charge is 2.43. The summed E-state index contributed by atoms with van der Waals surface area (Å²) in [5.74, 6) is 0.869. The molecule has 4 heteroatoms. The molecule has 0 unspecified atom stereocenters. The number of carbonyl (C=O) groups is 1. The topological polar surface area (TPSA) is 35.5 Å². The van der Waals surface area contributed by atoms with Crippen LogP contribution in [0.2, 0.25) is 0 Å². The normalized spacial score (nSPS) is 19.3. The maximum absolute atomic E-state index is 13.2. The first kappa shape index (κ1) is 19.1. The van der Waals surface area contributed by atoms with Crippen molar-refractivity contribution < 1.29 is 14.3 Å². The zero-order chi connectivity index (χ0) is 18.9. The third-order valence-electron chi connectivity index (χ3n) is 5.48. The summed E-state index contributed by atoms with van der Waals surface area (Å²) in [5.41, 5.74) is 3.96. The third kappa shape index (κ3) is 4.01. The third-order valence-corrected chi connectivity index (χ3v) is 5.66. The van der Waals surface area contributed by atoms with Crippen LogP contribution in [-0.4, -0.2) is 17.1 Å². The molecule has 1 aromatic carbocycles. The number of allylic oxidation sites excluding steroid dienone is 2. The van der Waals surface area contributed by atoms with Gasteiger partial charge in [0, 0.05) is 25.1 Å². The van der Waals surface area contributed by atoms with E-state index >= 15 is 0 Å². The number of aryl methyl sites for hydroxylation is 2. The van der Waals surface area contributed by atoms with E-state index < -0.39 is 0 Å². The fourth-order valence-corrected chi connectivity index (χ4v) is 4.65. The van der Waals surface area contributed by atoms with Gasteiger partial charge in [-0.15, -0.1) is 0 Å². The Hall–Kier alpha value is -1.68. The van der Waals surface area contributed by atoms with Crippen molar-refractivity contribution in [3.05, 3.63) is 40.6 Å². The molecule has 0 amide bonds. The van der Waals surface area contributed by atoms with Crippen LogP contribution in [0.25, 0.3) is 5.57 Å². The highest BCUT2D eigenvalue weighted by Crippen LogP contribution is 2.51. The molecule has 1 saturated carbocycles. The minimum atomic E-state index is -0.0487. The SMILES string of the molecule is Cc1ccc(C2=C(OC(=S)OC(C)C)CC3(CCCC3)CC2=O)c(C)c1. The van der Waals surface area contributed by atoms with Crippen molar-refractivity contribution in [3.8, 4) is 0 Å². The van der Waals surface area contributed by atoms with Gasteiger partial charge in [0.25, 0.3) is 0 Å². The van der Waals surface area contributed by atoms with Gasteiger partial charge in [-0.2, -0.15) is 0 Å². The lowest BCUT2D eigenvalue weighted by molar-refractivity contribution is -0.116. The number of ketones is 1. The summed E-state index contributed by atoms with van der Waals surface area (Å²) in [4.78, 5) is 13.2. The number of Topliss-reactive ketones (excluding diaryl/α,β-unsaturated/α-hetero) is 1. The molecule has 1 fully saturated rings. The minimum absolute atomic E-state index is 0.0436. The second-order valence-corrected chi connectivity index (χ2v) is 8.45. The number of benzene rings is 1. The summed E-state index contributed by atoms with van der Waals surface area (Å²) in [6.45, 7) is 7.94. The van der Waals surface area contributed by atoms with Gasteiger partial charge in [0.2, 0.25) is 0 Å². The highest BCUT2D eigenvalue weighted by molar-refractivity contribution is 7.79. The Labute approximate surface area is 161 Å². The van der Waals surface area contributed by atoms with Gasteiger partial charge in [0.1, 0.15) is 5.76 Å². The second-order valence-electron chi connectivity index (χ2n) is 8.12. The first-order valence-electron chi connectivity index (χ1n) is 9.52. The number of hydrogen-bond donors (Lipinski definition) is 0. The zero-order valence-electron chi connectivity index (χ0n) is 16.2. The molecule has 0 N–H and O–H groups in total. The van der Waals surface area contributed by atoms with Crippen molar-refractivity contribution in [2.24, 2.45) is 5.41 Å². The van der Waals surface area contributed by atoms with Crippen LogP contribution in [0.3, 0.4) is 0 Å². The molecule has 0 saturated heterocycles. The monoisotopic (exact) mass is 372 g/mol. The lowest BCUT2D eigenvalue weighted by Gasteiger charge is -2.35. The standard InChI is InChI=1S/C22H28O3S/c1-14(2)24-21(26)25-19-13-22(9-5-6-10-22)12-18(23)20(19)17-8-7-15(3)11-16(17)4/h7-8,11,14H,5-6,9-10,12-13H2,1-4H3. The first-order chi connectivity index (χ1) is 12.3. The van der Waals surface area contributed by atoms with Gasteiger partial charge in [-0.3, -0.25) is 4.79 Å². The Morgan fingerprint density at radius 2 is 1.85 bits per heavy atom. The Balaban J connectivity index is 2.03. The van der Waals surface area contributed by atoms with E-state index in [-0.39, 0.29) is 22.5 Å². The molecular weight excluding hydrogens is 344 g/mol. The predicted molar refractivity (Wildman–Crippen MR) is 108 cm³/mol. The summed E-state index contributed by atoms with van der Waals surface area (Å²) in [6, 6.07) is 6.18. The van der Waals surface area contributed by atoms with E-state index in [1.165, 1.54) is 18.4 Å². The lowest BCUT2D eigenvalue weighted by atomic mass is 9.71. The van der Waals surface area contributed by atoms with Gasteiger partial charge in [-0.25, -0.2) is 0 Å². The number of thiocarbonyl (C=S) groups is 1. The van der Waals surface area contributed by atoms with Crippen LogP contribution in [-0.2, 0) is 14.3 Å². The van der Waals surface area contributed by atoms with Crippen molar-refractivity contribution in [3.63, 3.8) is 0 Å². The molecule has 0 aliphatic heterocycles. The average molecular weight is 373 g/mol. The van der Waals surface area contributed by atoms with Crippen molar-refractivity contribution in [2.45, 2.75) is 72.3 Å². The molecule has 26 heavy (non-hydrogen) atoms. The molecule has 2 aliphatic carbocycles. The molecule has 0 aromatic heterocycles. The van der Waals surface area contributed by atoms with Crippen LogP contribution >= 0.6 is 12.2 Å². The van der Waals surface area contributed by atoms with Crippen LogP contribution in [0, 0.1) is 19.3 Å². The lowest BCUT2D eigenvalue weighted by Crippen LogP contribution is -2.30. The Morgan fingerprint density at radius 3 is 2.46 bits per heavy atom. The Kier molecular flexibility index (Phi) is 5.52. The van der Waals surface area contributed by atoms with Crippen molar-refractivity contribution >= 4 is 28.8 Å². The maximum atomic E-state index is 13.2. The number of rotatable bonds is 3. The van der Waals surface area contributed by atoms with Gasteiger partial charge in [-0.05, 0) is 57.1 Å². The van der Waals surface area contributed by atoms with Gasteiger partial charge in [-0.1, -0.05) is 36.6 Å². The van der Waals surface area contributed by atoms with Crippen LogP contribution in [0.5, 0.6) is 0 Å². The number of carbonyl (C=O) groups excluding carboxylic acids is 1. The smallest absolute Gasteiger partial charge is 0.357 e. The fourth-order valence-electron chi connectivity index (χ4n) is 4.35. The van der Waals surface area contributed by atoms with E-state index in [0.29, 0.717) is 17.8 Å². The van der Waals surface area contributed by atoms with Gasteiger partial charge in [0.05, 0.1) is 11.7 Å². The van der Waals surface area contributed by atoms with Gasteiger partial charge in [0.15, 0.2) is 5.78 Å². The summed E-state index contributed by atoms with van der Waals surface area (Å²) < 4.78 is 11.5. The van der Waals surface area contributed by atoms with E-state index in [9.17, 15) is 4.79 Å². The molecule has 0 bridgehead atoms. The molecule has 3 nitrogen and oxygen atoms in total. The van der Waals surface area contributed by atoms with Crippen LogP contribution in [0.1, 0.15) is 69.1 Å². The molecule has 0 heterocycles. The number of hydrogen-bond acceptors (Lipinski definition) is 4. The largest absolute Gasteiger partial charge is 0.454 e. The quantitative estimate of drug-likeness (QED) is 0.641. The molecular formula is C22H28O3S. The van der Waals surface area contributed by atoms with Crippen molar-refractivity contribution in [1.82, 2.24) is 0 Å². The van der Waals surface area contributed by atoms with Gasteiger partial charge < -0.3 is 9.47 Å². The molecule has 1 spiro atoms. The molecule has 2 aliphatic rings. The fraction of sp³-hybridized carbons (Fsp3) is 0.545. The van der Waals surface area contributed by atoms with E-state index in [4.69, 9.17) is 21.7 Å². The van der Waals surface area contributed by atoms with E-state index in [1.807, 2.05) is 32.9 Å². The molecule has 140 valence electrons. The van der Waals surface area contributed by atoms with Crippen molar-refractivity contribution in [1.29, 1.82) is 0 Å². The predicted octanol–water partition coefficient (Wildman–Crippen LogP) is 5.66. The molecule has 0 atom stereocenters. The number of ether oxygens (including phenoxy) is 2. The van der Waals surface area contributed by atoms with E-state index in [1.54, 1.807) is 0 Å².